The lowest BCUT2D eigenvalue weighted by Crippen LogP contribution is -2.21. The monoisotopic (exact) mass is 187 g/mol. The molecular formula is C7H7O2S2-. The molecule has 0 saturated carbocycles. The third kappa shape index (κ3) is 1.97. The Kier molecular flexibility index (Phi) is 2.96. The summed E-state index contributed by atoms with van der Waals surface area (Å²) in [6.07, 6.45) is 0. The van der Waals surface area contributed by atoms with E-state index >= 15 is 0 Å². The minimum absolute atomic E-state index is 0.344. The fraction of sp³-hybridized carbons (Fsp3) is 0.286. The number of carboxylic acids is 1. The Hall–Kier alpha value is -0.480. The maximum atomic E-state index is 10.4. The van der Waals surface area contributed by atoms with E-state index in [-0.39, 0.29) is 0 Å². The van der Waals surface area contributed by atoms with Crippen LogP contribution >= 0.6 is 23.1 Å². The van der Waals surface area contributed by atoms with Crippen molar-refractivity contribution in [3.63, 3.8) is 0 Å². The first-order valence-corrected chi connectivity index (χ1v) is 5.04. The van der Waals surface area contributed by atoms with E-state index in [1.54, 1.807) is 5.38 Å². The highest BCUT2D eigenvalue weighted by Crippen LogP contribution is 2.26. The van der Waals surface area contributed by atoms with Gasteiger partial charge in [-0.15, -0.1) is 23.1 Å². The Bertz CT molecular complexity index is 255. The molecule has 0 aliphatic heterocycles. The number of hydrogen-bond donors (Lipinski definition) is 0. The topological polar surface area (TPSA) is 40.1 Å². The van der Waals surface area contributed by atoms with Crippen molar-refractivity contribution >= 4 is 29.1 Å². The highest BCUT2D eigenvalue weighted by atomic mass is 32.2. The van der Waals surface area contributed by atoms with Gasteiger partial charge in [0.15, 0.2) is 0 Å². The SMILES string of the molecule is CCSc1ccsc1C(=O)[O-]. The van der Waals surface area contributed by atoms with Crippen LogP contribution < -0.4 is 5.11 Å². The highest BCUT2D eigenvalue weighted by molar-refractivity contribution is 7.99. The Balaban J connectivity index is 2.87. The molecule has 0 atom stereocenters. The molecule has 0 bridgehead atoms. The van der Waals surface area contributed by atoms with Crippen LogP contribution in [0.4, 0.5) is 0 Å². The zero-order chi connectivity index (χ0) is 8.27. The van der Waals surface area contributed by atoms with Crippen LogP contribution in [0.15, 0.2) is 16.3 Å². The van der Waals surface area contributed by atoms with Crippen LogP contribution in [0.25, 0.3) is 0 Å². The number of carbonyl (C=O) groups excluding carboxylic acids is 1. The van der Waals surface area contributed by atoms with E-state index in [4.69, 9.17) is 0 Å². The van der Waals surface area contributed by atoms with E-state index in [0.717, 1.165) is 10.6 Å². The molecular weight excluding hydrogens is 180 g/mol. The third-order valence-corrected chi connectivity index (χ3v) is 3.08. The lowest BCUT2D eigenvalue weighted by molar-refractivity contribution is -0.254. The second-order valence-electron chi connectivity index (χ2n) is 1.83. The van der Waals surface area contributed by atoms with Gasteiger partial charge < -0.3 is 9.90 Å². The van der Waals surface area contributed by atoms with Gasteiger partial charge in [0.1, 0.15) is 0 Å². The van der Waals surface area contributed by atoms with E-state index in [1.807, 2.05) is 13.0 Å². The van der Waals surface area contributed by atoms with Gasteiger partial charge in [0.25, 0.3) is 0 Å². The molecule has 60 valence electrons. The quantitative estimate of drug-likeness (QED) is 0.668. The largest absolute Gasteiger partial charge is 0.544 e. The summed E-state index contributed by atoms with van der Waals surface area (Å²) in [5.41, 5.74) is 0. The van der Waals surface area contributed by atoms with Crippen LogP contribution in [0, 0.1) is 0 Å². The first kappa shape index (κ1) is 8.62. The van der Waals surface area contributed by atoms with Gasteiger partial charge in [-0.05, 0) is 17.2 Å². The lowest BCUT2D eigenvalue weighted by atomic mass is 10.5. The van der Waals surface area contributed by atoms with E-state index in [2.05, 4.69) is 0 Å². The molecule has 0 amide bonds. The van der Waals surface area contributed by atoms with Crippen molar-refractivity contribution in [1.29, 1.82) is 0 Å². The summed E-state index contributed by atoms with van der Waals surface area (Å²) in [7, 11) is 0. The smallest absolute Gasteiger partial charge is 0.0826 e. The summed E-state index contributed by atoms with van der Waals surface area (Å²) >= 11 is 2.74. The Morgan fingerprint density at radius 1 is 1.82 bits per heavy atom. The first-order chi connectivity index (χ1) is 5.25. The van der Waals surface area contributed by atoms with Gasteiger partial charge in [0, 0.05) is 4.90 Å². The van der Waals surface area contributed by atoms with Crippen molar-refractivity contribution in [2.75, 3.05) is 5.75 Å². The summed E-state index contributed by atoms with van der Waals surface area (Å²) in [6, 6.07) is 1.81. The van der Waals surface area contributed by atoms with Crippen LogP contribution in [0.5, 0.6) is 0 Å². The highest BCUT2D eigenvalue weighted by Gasteiger charge is 2.03. The van der Waals surface area contributed by atoms with Gasteiger partial charge in [0.05, 0.1) is 10.8 Å². The minimum Gasteiger partial charge on any atom is -0.544 e. The number of aromatic carboxylic acids is 1. The molecule has 4 heteroatoms. The molecule has 0 spiro atoms. The molecule has 11 heavy (non-hydrogen) atoms. The molecule has 0 radical (unpaired) electrons. The Morgan fingerprint density at radius 2 is 2.55 bits per heavy atom. The molecule has 0 unspecified atom stereocenters. The molecule has 0 aromatic carbocycles. The third-order valence-electron chi connectivity index (χ3n) is 1.11. The van der Waals surface area contributed by atoms with E-state index < -0.39 is 5.97 Å². The maximum absolute atomic E-state index is 10.4. The predicted octanol–water partition coefficient (Wildman–Crippen LogP) is 1.22. The molecule has 2 nitrogen and oxygen atoms in total. The first-order valence-electron chi connectivity index (χ1n) is 3.17. The van der Waals surface area contributed by atoms with Gasteiger partial charge in [0.2, 0.25) is 0 Å². The minimum atomic E-state index is -1.07. The number of thiophene rings is 1. The summed E-state index contributed by atoms with van der Waals surface area (Å²) in [5, 5.41) is 12.2. The van der Waals surface area contributed by atoms with Crippen LogP contribution in [0.3, 0.4) is 0 Å². The number of thioether (sulfide) groups is 1. The zero-order valence-corrected chi connectivity index (χ0v) is 7.63. The molecule has 0 saturated heterocycles. The maximum Gasteiger partial charge on any atom is 0.0826 e. The molecule has 1 rings (SSSR count). The van der Waals surface area contributed by atoms with Crippen LogP contribution in [0.1, 0.15) is 16.6 Å². The van der Waals surface area contributed by atoms with E-state index in [1.165, 1.54) is 23.1 Å². The number of rotatable bonds is 3. The van der Waals surface area contributed by atoms with Gasteiger partial charge in [-0.25, -0.2) is 0 Å². The lowest BCUT2D eigenvalue weighted by Gasteiger charge is -2.00. The summed E-state index contributed by atoms with van der Waals surface area (Å²) < 4.78 is 0. The van der Waals surface area contributed by atoms with Crippen molar-refractivity contribution in [1.82, 2.24) is 0 Å². The predicted molar refractivity (Wildman–Crippen MR) is 45.0 cm³/mol. The molecule has 0 aliphatic rings. The van der Waals surface area contributed by atoms with Crippen LogP contribution in [-0.4, -0.2) is 11.7 Å². The van der Waals surface area contributed by atoms with Gasteiger partial charge in [-0.2, -0.15) is 0 Å². The normalized spacial score (nSPS) is 9.91. The molecule has 0 aliphatic carbocycles. The number of carboxylic acid groups (broad SMARTS) is 1. The number of hydrogen-bond acceptors (Lipinski definition) is 4. The summed E-state index contributed by atoms with van der Waals surface area (Å²) in [6.45, 7) is 1.99. The van der Waals surface area contributed by atoms with Crippen LogP contribution in [0.2, 0.25) is 0 Å². The fourth-order valence-corrected chi connectivity index (χ4v) is 2.43. The van der Waals surface area contributed by atoms with Crippen LogP contribution in [-0.2, 0) is 0 Å². The van der Waals surface area contributed by atoms with Gasteiger partial charge in [-0.3, -0.25) is 0 Å². The number of carbonyl (C=O) groups is 1. The van der Waals surface area contributed by atoms with Gasteiger partial charge in [-0.1, -0.05) is 6.92 Å². The average Bonchev–Trinajstić information content (AvgIpc) is 2.36. The van der Waals surface area contributed by atoms with Gasteiger partial charge >= 0.3 is 0 Å². The molecule has 1 aromatic rings. The van der Waals surface area contributed by atoms with Crippen molar-refractivity contribution in [2.45, 2.75) is 11.8 Å². The van der Waals surface area contributed by atoms with Crippen molar-refractivity contribution in [3.8, 4) is 0 Å². The Morgan fingerprint density at radius 3 is 3.09 bits per heavy atom. The standard InChI is InChI=1S/C7H8O2S2/c1-2-10-5-3-4-11-6(5)7(8)9/h3-4H,2H2,1H3,(H,8,9)/p-1. The second kappa shape index (κ2) is 3.78. The molecule has 0 N–H and O–H groups in total. The van der Waals surface area contributed by atoms with Crippen molar-refractivity contribution in [2.24, 2.45) is 0 Å². The van der Waals surface area contributed by atoms with Crippen molar-refractivity contribution in [3.05, 3.63) is 16.3 Å². The van der Waals surface area contributed by atoms with Crippen molar-refractivity contribution < 1.29 is 9.90 Å². The second-order valence-corrected chi connectivity index (χ2v) is 4.06. The van der Waals surface area contributed by atoms with E-state index in [0.29, 0.717) is 4.88 Å². The summed E-state index contributed by atoms with van der Waals surface area (Å²) in [5.74, 6) is -0.187. The molecule has 1 aromatic heterocycles. The molecule has 0 fully saturated rings. The summed E-state index contributed by atoms with van der Waals surface area (Å²) in [4.78, 5) is 11.6. The molecule has 1 heterocycles. The Labute approximate surface area is 73.2 Å². The van der Waals surface area contributed by atoms with E-state index in [9.17, 15) is 9.90 Å². The average molecular weight is 187 g/mol. The fourth-order valence-electron chi connectivity index (χ4n) is 0.715. The zero-order valence-electron chi connectivity index (χ0n) is 5.99.